The molecule has 0 saturated heterocycles. The quantitative estimate of drug-likeness (QED) is 0.178. The fraction of sp³-hybridized carbons (Fsp3) is 0.179. The number of halogens is 1. The van der Waals surface area contributed by atoms with Gasteiger partial charge in [0.15, 0.2) is 5.43 Å². The predicted octanol–water partition coefficient (Wildman–Crippen LogP) is 9.72. The van der Waals surface area contributed by atoms with Crippen molar-refractivity contribution in [3.05, 3.63) is 141 Å². The lowest BCUT2D eigenvalue weighted by Crippen LogP contribution is -2.41. The van der Waals surface area contributed by atoms with Crippen molar-refractivity contribution in [3.63, 3.8) is 0 Å². The number of fused-ring (bicyclic) bond motifs is 2. The number of H-pyrrole nitrogens is 1. The first-order chi connectivity index (χ1) is 22.9. The molecule has 0 bridgehead atoms. The van der Waals surface area contributed by atoms with Crippen molar-refractivity contribution in [2.75, 3.05) is 0 Å². The minimum absolute atomic E-state index is 0.138. The standard InChI is InChI=1S/C26H20FN3O2S.C13H15NS/c1-26(2,25-28-14-22(33-25)15-8-4-3-5-9-15)30-24(32)17-13-21-18(12-19(17)27)23(31)16-10-6-7-11-20(16)29-21;1-13(2,3)12-14-9-11(15-12)10-7-5-4-6-8-10/h3-14H,1-2H3,(H,29,31)(H,30,32);4-9H,1-3H3. The molecule has 7 aromatic rings. The van der Waals surface area contributed by atoms with E-state index < -0.39 is 17.3 Å². The third-order valence-electron chi connectivity index (χ3n) is 7.77. The van der Waals surface area contributed by atoms with Gasteiger partial charge in [0.1, 0.15) is 10.8 Å². The van der Waals surface area contributed by atoms with E-state index in [2.05, 4.69) is 65.3 Å². The molecule has 0 unspecified atom stereocenters. The van der Waals surface area contributed by atoms with Crippen molar-refractivity contribution < 1.29 is 9.18 Å². The van der Waals surface area contributed by atoms with Gasteiger partial charge in [-0.25, -0.2) is 14.4 Å². The van der Waals surface area contributed by atoms with E-state index in [1.807, 2.05) is 62.5 Å². The van der Waals surface area contributed by atoms with Crippen LogP contribution in [0, 0.1) is 5.82 Å². The van der Waals surface area contributed by atoms with Gasteiger partial charge in [0.25, 0.3) is 5.91 Å². The molecule has 0 fully saturated rings. The fourth-order valence-corrected chi connectivity index (χ4v) is 7.14. The van der Waals surface area contributed by atoms with Gasteiger partial charge in [0.2, 0.25) is 0 Å². The number of aromatic amines is 1. The summed E-state index contributed by atoms with van der Waals surface area (Å²) in [7, 11) is 0. The molecule has 0 spiro atoms. The van der Waals surface area contributed by atoms with Crippen LogP contribution in [0.25, 0.3) is 42.7 Å². The number of amides is 1. The number of nitrogens with zero attached hydrogens (tertiary/aromatic N) is 2. The fourth-order valence-electron chi connectivity index (χ4n) is 5.18. The molecule has 0 aliphatic carbocycles. The molecule has 0 atom stereocenters. The van der Waals surface area contributed by atoms with E-state index in [0.717, 1.165) is 16.5 Å². The Hall–Kier alpha value is -4.99. The molecule has 0 radical (unpaired) electrons. The van der Waals surface area contributed by atoms with Gasteiger partial charge in [0.05, 0.1) is 31.4 Å². The number of hydrogen-bond donors (Lipinski definition) is 2. The second-order valence-electron chi connectivity index (χ2n) is 13.0. The van der Waals surface area contributed by atoms with E-state index >= 15 is 0 Å². The Kier molecular flexibility index (Phi) is 9.09. The Morgan fingerprint density at radius 3 is 1.83 bits per heavy atom. The van der Waals surface area contributed by atoms with Crippen LogP contribution in [0.1, 0.15) is 55.0 Å². The maximum Gasteiger partial charge on any atom is 0.255 e. The number of para-hydroxylation sites is 1. The normalized spacial score (nSPS) is 11.7. The zero-order chi connectivity index (χ0) is 34.1. The number of pyridine rings is 1. The maximum atomic E-state index is 14.9. The monoisotopic (exact) mass is 674 g/mol. The molecule has 3 aromatic heterocycles. The van der Waals surface area contributed by atoms with Crippen molar-refractivity contribution in [1.82, 2.24) is 20.3 Å². The molecule has 242 valence electrons. The van der Waals surface area contributed by atoms with Crippen LogP contribution in [0.3, 0.4) is 0 Å². The molecule has 6 nitrogen and oxygen atoms in total. The van der Waals surface area contributed by atoms with Crippen LogP contribution in [0.15, 0.2) is 114 Å². The first-order valence-corrected chi connectivity index (χ1v) is 17.1. The second kappa shape index (κ2) is 13.3. The third kappa shape index (κ3) is 6.98. The Morgan fingerprint density at radius 1 is 0.708 bits per heavy atom. The maximum absolute atomic E-state index is 14.9. The van der Waals surface area contributed by atoms with Gasteiger partial charge in [-0.05, 0) is 49.2 Å². The van der Waals surface area contributed by atoms with Gasteiger partial charge in [-0.3, -0.25) is 9.59 Å². The summed E-state index contributed by atoms with van der Waals surface area (Å²) in [5.41, 5.74) is 2.24. The Morgan fingerprint density at radius 2 is 1.25 bits per heavy atom. The van der Waals surface area contributed by atoms with Crippen molar-refractivity contribution in [1.29, 1.82) is 0 Å². The molecule has 2 N–H and O–H groups in total. The van der Waals surface area contributed by atoms with Crippen molar-refractivity contribution in [2.45, 2.75) is 45.6 Å². The van der Waals surface area contributed by atoms with Gasteiger partial charge in [-0.15, -0.1) is 22.7 Å². The first-order valence-electron chi connectivity index (χ1n) is 15.5. The molecule has 0 saturated carbocycles. The SMILES string of the molecule is CC(C)(C)c1ncc(-c2ccccc2)s1.CC(C)(NC(=O)c1cc2[nH]c3ccccc3c(=O)c2cc1F)c1ncc(-c2ccccc2)s1. The number of thiazole rings is 2. The largest absolute Gasteiger partial charge is 0.354 e. The average Bonchev–Trinajstić information content (AvgIpc) is 3.78. The van der Waals surface area contributed by atoms with E-state index in [0.29, 0.717) is 21.4 Å². The summed E-state index contributed by atoms with van der Waals surface area (Å²) in [5.74, 6) is -1.33. The summed E-state index contributed by atoms with van der Waals surface area (Å²) in [6, 6.07) is 29.8. The summed E-state index contributed by atoms with van der Waals surface area (Å²) >= 11 is 3.25. The van der Waals surface area contributed by atoms with Gasteiger partial charge >= 0.3 is 0 Å². The molecular weight excluding hydrogens is 640 g/mol. The van der Waals surface area contributed by atoms with Crippen LogP contribution in [0.5, 0.6) is 0 Å². The second-order valence-corrected chi connectivity index (χ2v) is 15.1. The Bertz CT molecular complexity index is 2280. The summed E-state index contributed by atoms with van der Waals surface area (Å²) < 4.78 is 14.9. The number of nitrogens with one attached hydrogen (secondary N) is 2. The molecule has 4 aromatic carbocycles. The Labute approximate surface area is 286 Å². The zero-order valence-electron chi connectivity index (χ0n) is 27.3. The summed E-state index contributed by atoms with van der Waals surface area (Å²) in [4.78, 5) is 40.2. The molecule has 1 amide bonds. The van der Waals surface area contributed by atoms with Gasteiger partial charge in [-0.1, -0.05) is 93.6 Å². The highest BCUT2D eigenvalue weighted by Crippen LogP contribution is 2.33. The van der Waals surface area contributed by atoms with Gasteiger partial charge in [0, 0.05) is 34.1 Å². The van der Waals surface area contributed by atoms with Crippen molar-refractivity contribution in [3.8, 4) is 20.9 Å². The van der Waals surface area contributed by atoms with Crippen molar-refractivity contribution >= 4 is 50.4 Å². The Balaban J connectivity index is 0.000000223. The van der Waals surface area contributed by atoms with E-state index in [9.17, 15) is 14.0 Å². The molecular formula is C39H35FN4O2S2. The van der Waals surface area contributed by atoms with E-state index in [1.54, 1.807) is 35.7 Å². The lowest BCUT2D eigenvalue weighted by molar-refractivity contribution is 0.0908. The van der Waals surface area contributed by atoms with E-state index in [4.69, 9.17) is 0 Å². The average molecular weight is 675 g/mol. The van der Waals surface area contributed by atoms with Crippen LogP contribution < -0.4 is 10.7 Å². The molecule has 48 heavy (non-hydrogen) atoms. The smallest absolute Gasteiger partial charge is 0.255 e. The number of carbonyl (C=O) groups excluding carboxylic acids is 1. The molecule has 0 aliphatic heterocycles. The minimum Gasteiger partial charge on any atom is -0.354 e. The van der Waals surface area contributed by atoms with E-state index in [-0.39, 0.29) is 21.8 Å². The third-order valence-corrected chi connectivity index (χ3v) is 10.6. The van der Waals surface area contributed by atoms with Crippen LogP contribution >= 0.6 is 22.7 Å². The number of aromatic nitrogens is 3. The first kappa shape index (κ1) is 32.9. The zero-order valence-corrected chi connectivity index (χ0v) is 28.9. The highest BCUT2D eigenvalue weighted by Gasteiger charge is 2.28. The molecule has 3 heterocycles. The number of rotatable bonds is 5. The van der Waals surface area contributed by atoms with E-state index in [1.165, 1.54) is 32.9 Å². The molecule has 9 heteroatoms. The number of hydrogen-bond acceptors (Lipinski definition) is 6. The van der Waals surface area contributed by atoms with Crippen LogP contribution in [0.2, 0.25) is 0 Å². The predicted molar refractivity (Wildman–Crippen MR) is 196 cm³/mol. The topological polar surface area (TPSA) is 87.7 Å². The summed E-state index contributed by atoms with van der Waals surface area (Å²) in [5, 5.41) is 5.46. The van der Waals surface area contributed by atoms with Crippen molar-refractivity contribution in [2.24, 2.45) is 0 Å². The highest BCUT2D eigenvalue weighted by molar-refractivity contribution is 7.15. The summed E-state index contributed by atoms with van der Waals surface area (Å²) in [6.45, 7) is 10.2. The van der Waals surface area contributed by atoms with Crippen LogP contribution in [0.4, 0.5) is 4.39 Å². The molecule has 7 rings (SSSR count). The highest BCUT2D eigenvalue weighted by atomic mass is 32.1. The lowest BCUT2D eigenvalue weighted by atomic mass is 9.98. The number of benzene rings is 4. The molecule has 0 aliphatic rings. The van der Waals surface area contributed by atoms with Gasteiger partial charge < -0.3 is 10.3 Å². The summed E-state index contributed by atoms with van der Waals surface area (Å²) in [6.07, 6.45) is 3.75. The minimum atomic E-state index is -0.826. The lowest BCUT2D eigenvalue weighted by Gasteiger charge is -2.24. The number of carbonyl (C=O) groups is 1. The van der Waals surface area contributed by atoms with Crippen LogP contribution in [-0.4, -0.2) is 20.9 Å². The van der Waals surface area contributed by atoms with Crippen LogP contribution in [-0.2, 0) is 11.0 Å². The van der Waals surface area contributed by atoms with Gasteiger partial charge in [-0.2, -0.15) is 0 Å².